The molecule has 2 heterocycles. The van der Waals surface area contributed by atoms with Crippen molar-refractivity contribution < 1.29 is 32.5 Å². The van der Waals surface area contributed by atoms with Crippen molar-refractivity contribution in [2.24, 2.45) is 0 Å². The smallest absolute Gasteiger partial charge is 0.387 e. The fraction of sp³-hybridized carbons (Fsp3) is 0.435. The second-order valence-electron chi connectivity index (χ2n) is 7.39. The van der Waals surface area contributed by atoms with Gasteiger partial charge in [0.25, 0.3) is 5.91 Å². The van der Waals surface area contributed by atoms with E-state index < -0.39 is 6.61 Å². The largest absolute Gasteiger partial charge is 0.490 e. The first kappa shape index (κ1) is 21.2. The van der Waals surface area contributed by atoms with Crippen molar-refractivity contribution in [2.45, 2.75) is 38.8 Å². The van der Waals surface area contributed by atoms with Gasteiger partial charge < -0.3 is 23.8 Å². The summed E-state index contributed by atoms with van der Waals surface area (Å²) in [6, 6.07) is 10.0. The molecule has 0 aliphatic carbocycles. The number of carbonyl (C=O) groups excluding carboxylic acids is 1. The normalized spacial score (nSPS) is 18.1. The molecule has 0 N–H and O–H groups in total. The van der Waals surface area contributed by atoms with Gasteiger partial charge >= 0.3 is 6.61 Å². The van der Waals surface area contributed by atoms with Crippen LogP contribution in [0.3, 0.4) is 0 Å². The third-order valence-electron chi connectivity index (χ3n) is 5.38. The van der Waals surface area contributed by atoms with Gasteiger partial charge in [-0.2, -0.15) is 8.78 Å². The average molecular weight is 433 g/mol. The van der Waals surface area contributed by atoms with Crippen LogP contribution in [0.4, 0.5) is 8.78 Å². The molecule has 2 aromatic carbocycles. The SMILES string of the molecule is CCOc1cc(C(=O)N2CCC[C@@H]2c2ccc3c(c2)OCCCO3)ccc1OC(F)F. The molecule has 4 rings (SSSR count). The Balaban J connectivity index is 1.58. The molecule has 1 amide bonds. The highest BCUT2D eigenvalue weighted by Crippen LogP contribution is 2.39. The summed E-state index contributed by atoms with van der Waals surface area (Å²) in [7, 11) is 0. The van der Waals surface area contributed by atoms with E-state index in [1.807, 2.05) is 18.2 Å². The predicted octanol–water partition coefficient (Wildman–Crippen LogP) is 4.83. The summed E-state index contributed by atoms with van der Waals surface area (Å²) < 4.78 is 46.7. The summed E-state index contributed by atoms with van der Waals surface area (Å²) in [4.78, 5) is 15.1. The van der Waals surface area contributed by atoms with E-state index in [4.69, 9.17) is 14.2 Å². The summed E-state index contributed by atoms with van der Waals surface area (Å²) in [6.07, 6.45) is 2.53. The highest BCUT2D eigenvalue weighted by atomic mass is 19.3. The van der Waals surface area contributed by atoms with Crippen LogP contribution in [-0.4, -0.2) is 43.8 Å². The van der Waals surface area contributed by atoms with Gasteiger partial charge in [0.2, 0.25) is 0 Å². The fourth-order valence-corrected chi connectivity index (χ4v) is 4.01. The Labute approximate surface area is 179 Å². The number of rotatable bonds is 6. The van der Waals surface area contributed by atoms with Gasteiger partial charge in [-0.3, -0.25) is 4.79 Å². The lowest BCUT2D eigenvalue weighted by atomic mass is 10.0. The molecule has 8 heteroatoms. The average Bonchev–Trinajstić information content (AvgIpc) is 3.13. The molecule has 1 atom stereocenters. The standard InChI is InChI=1S/C23H25F2NO5/c1-2-28-21-14-16(7-9-19(21)31-23(24)25)22(27)26-10-3-5-17(26)15-6-8-18-20(13-15)30-12-4-11-29-18/h6-9,13-14,17,23H,2-5,10-12H2,1H3/t17-/m1/s1. The third-order valence-corrected chi connectivity index (χ3v) is 5.38. The number of hydrogen-bond acceptors (Lipinski definition) is 5. The summed E-state index contributed by atoms with van der Waals surface area (Å²) >= 11 is 0. The highest BCUT2D eigenvalue weighted by Gasteiger charge is 2.32. The molecule has 0 saturated carbocycles. The second-order valence-corrected chi connectivity index (χ2v) is 7.39. The Hall–Kier alpha value is -3.03. The Bertz CT molecular complexity index is 936. The lowest BCUT2D eigenvalue weighted by Crippen LogP contribution is -2.30. The quantitative estimate of drug-likeness (QED) is 0.654. The third kappa shape index (κ3) is 4.68. The van der Waals surface area contributed by atoms with Crippen LogP contribution in [0.15, 0.2) is 36.4 Å². The number of fused-ring (bicyclic) bond motifs is 1. The van der Waals surface area contributed by atoms with Crippen LogP contribution in [0.25, 0.3) is 0 Å². The first-order valence-corrected chi connectivity index (χ1v) is 10.5. The molecule has 2 aliphatic rings. The number of benzene rings is 2. The van der Waals surface area contributed by atoms with E-state index in [0.717, 1.165) is 24.8 Å². The maximum Gasteiger partial charge on any atom is 0.387 e. The minimum atomic E-state index is -2.97. The zero-order valence-electron chi connectivity index (χ0n) is 17.3. The summed E-state index contributed by atoms with van der Waals surface area (Å²) in [6.45, 7) is 0.854. The molecule has 0 spiro atoms. The van der Waals surface area contributed by atoms with Crippen molar-refractivity contribution in [2.75, 3.05) is 26.4 Å². The Kier molecular flexibility index (Phi) is 6.44. The van der Waals surface area contributed by atoms with E-state index in [2.05, 4.69) is 4.74 Å². The van der Waals surface area contributed by atoms with Crippen molar-refractivity contribution in [1.29, 1.82) is 0 Å². The lowest BCUT2D eigenvalue weighted by molar-refractivity contribution is -0.0514. The number of nitrogens with zero attached hydrogens (tertiary/aromatic N) is 1. The van der Waals surface area contributed by atoms with Crippen LogP contribution >= 0.6 is 0 Å². The molecule has 1 fully saturated rings. The van der Waals surface area contributed by atoms with Crippen molar-refractivity contribution in [3.8, 4) is 23.0 Å². The van der Waals surface area contributed by atoms with E-state index in [1.165, 1.54) is 18.2 Å². The Morgan fingerprint density at radius 2 is 1.90 bits per heavy atom. The molecule has 6 nitrogen and oxygen atoms in total. The van der Waals surface area contributed by atoms with Gasteiger partial charge in [-0.15, -0.1) is 0 Å². The lowest BCUT2D eigenvalue weighted by Gasteiger charge is -2.26. The number of alkyl halides is 2. The van der Waals surface area contributed by atoms with Crippen molar-refractivity contribution in [1.82, 2.24) is 4.90 Å². The number of amides is 1. The highest BCUT2D eigenvalue weighted by molar-refractivity contribution is 5.95. The van der Waals surface area contributed by atoms with Crippen LogP contribution in [0, 0.1) is 0 Å². The summed E-state index contributed by atoms with van der Waals surface area (Å²) in [5, 5.41) is 0. The van der Waals surface area contributed by atoms with Crippen LogP contribution in [0.1, 0.15) is 48.1 Å². The van der Waals surface area contributed by atoms with Crippen LogP contribution in [-0.2, 0) is 0 Å². The van der Waals surface area contributed by atoms with Crippen molar-refractivity contribution in [3.63, 3.8) is 0 Å². The second kappa shape index (κ2) is 9.41. The number of hydrogen-bond donors (Lipinski definition) is 0. The molecule has 0 unspecified atom stereocenters. The minimum absolute atomic E-state index is 0.0886. The van der Waals surface area contributed by atoms with E-state index in [0.29, 0.717) is 36.8 Å². The first-order chi connectivity index (χ1) is 15.1. The van der Waals surface area contributed by atoms with Crippen LogP contribution in [0.2, 0.25) is 0 Å². The number of halogens is 2. The monoisotopic (exact) mass is 433 g/mol. The molecule has 0 aromatic heterocycles. The van der Waals surface area contributed by atoms with Gasteiger partial charge in [0.15, 0.2) is 23.0 Å². The van der Waals surface area contributed by atoms with E-state index >= 15 is 0 Å². The van der Waals surface area contributed by atoms with Crippen molar-refractivity contribution >= 4 is 5.91 Å². The number of carbonyl (C=O) groups is 1. The maximum absolute atomic E-state index is 13.3. The molecule has 166 valence electrons. The van der Waals surface area contributed by atoms with Gasteiger partial charge in [0.05, 0.1) is 25.9 Å². The molecule has 0 radical (unpaired) electrons. The van der Waals surface area contributed by atoms with E-state index in [1.54, 1.807) is 11.8 Å². The molecular weight excluding hydrogens is 408 g/mol. The molecular formula is C23H25F2NO5. The minimum Gasteiger partial charge on any atom is -0.490 e. The molecule has 2 aliphatic heterocycles. The Morgan fingerprint density at radius 1 is 1.10 bits per heavy atom. The maximum atomic E-state index is 13.3. The topological polar surface area (TPSA) is 57.2 Å². The zero-order chi connectivity index (χ0) is 21.8. The molecule has 1 saturated heterocycles. The van der Waals surface area contributed by atoms with Crippen LogP contribution in [0.5, 0.6) is 23.0 Å². The number of ether oxygens (including phenoxy) is 4. The first-order valence-electron chi connectivity index (χ1n) is 10.5. The molecule has 0 bridgehead atoms. The fourth-order valence-electron chi connectivity index (χ4n) is 4.01. The van der Waals surface area contributed by atoms with Crippen LogP contribution < -0.4 is 18.9 Å². The van der Waals surface area contributed by atoms with Gasteiger partial charge in [-0.05, 0) is 55.7 Å². The number of likely N-dealkylation sites (tertiary alicyclic amines) is 1. The summed E-state index contributed by atoms with van der Waals surface area (Å²) in [5.74, 6) is 1.27. The van der Waals surface area contributed by atoms with Gasteiger partial charge in [0.1, 0.15) is 0 Å². The summed E-state index contributed by atoms with van der Waals surface area (Å²) in [5.41, 5.74) is 1.35. The molecule has 31 heavy (non-hydrogen) atoms. The van der Waals surface area contributed by atoms with E-state index in [-0.39, 0.29) is 30.1 Å². The molecule has 2 aromatic rings. The predicted molar refractivity (Wildman–Crippen MR) is 109 cm³/mol. The van der Waals surface area contributed by atoms with Crippen molar-refractivity contribution in [3.05, 3.63) is 47.5 Å². The Morgan fingerprint density at radius 3 is 2.68 bits per heavy atom. The van der Waals surface area contributed by atoms with Gasteiger partial charge in [-0.25, -0.2) is 0 Å². The van der Waals surface area contributed by atoms with Gasteiger partial charge in [-0.1, -0.05) is 6.07 Å². The zero-order valence-corrected chi connectivity index (χ0v) is 17.3. The van der Waals surface area contributed by atoms with Gasteiger partial charge in [0, 0.05) is 18.5 Å². The van der Waals surface area contributed by atoms with E-state index in [9.17, 15) is 13.6 Å².